The van der Waals surface area contributed by atoms with E-state index in [1.165, 1.54) is 11.1 Å². The van der Waals surface area contributed by atoms with Gasteiger partial charge in [-0.1, -0.05) is 48.0 Å². The highest BCUT2D eigenvalue weighted by molar-refractivity contribution is 6.33. The first-order valence-electron chi connectivity index (χ1n) is 7.50. The maximum Gasteiger partial charge on any atom is 0.0640 e. The molecule has 3 rings (SSSR count). The van der Waals surface area contributed by atoms with Crippen molar-refractivity contribution >= 4 is 17.3 Å². The fourth-order valence-corrected chi connectivity index (χ4v) is 3.18. The quantitative estimate of drug-likeness (QED) is 0.904. The molecule has 0 aliphatic carbocycles. The van der Waals surface area contributed by atoms with Crippen LogP contribution >= 0.6 is 11.6 Å². The van der Waals surface area contributed by atoms with Gasteiger partial charge in [-0.2, -0.15) is 0 Å². The highest BCUT2D eigenvalue weighted by Crippen LogP contribution is 2.25. The topological polar surface area (TPSA) is 15.3 Å². The molecule has 21 heavy (non-hydrogen) atoms. The van der Waals surface area contributed by atoms with Crippen molar-refractivity contribution in [1.29, 1.82) is 0 Å². The minimum Gasteiger partial charge on any atom is -0.380 e. The Hall–Kier alpha value is -1.51. The second-order valence-electron chi connectivity index (χ2n) is 5.83. The number of likely N-dealkylation sites (tertiary alicyclic amines) is 1. The number of hydrogen-bond donors (Lipinski definition) is 1. The van der Waals surface area contributed by atoms with Crippen LogP contribution in [-0.4, -0.2) is 24.0 Å². The van der Waals surface area contributed by atoms with Crippen LogP contribution in [0.5, 0.6) is 0 Å². The summed E-state index contributed by atoms with van der Waals surface area (Å²) in [5.74, 6) is 0. The van der Waals surface area contributed by atoms with Crippen molar-refractivity contribution in [3.8, 4) is 0 Å². The zero-order chi connectivity index (χ0) is 14.7. The molecule has 1 heterocycles. The Morgan fingerprint density at radius 2 is 2.00 bits per heavy atom. The first-order valence-corrected chi connectivity index (χ1v) is 7.87. The Morgan fingerprint density at radius 3 is 2.76 bits per heavy atom. The van der Waals surface area contributed by atoms with E-state index in [1.54, 1.807) is 0 Å². The zero-order valence-electron chi connectivity index (χ0n) is 12.3. The predicted octanol–water partition coefficient (Wildman–Crippen LogP) is 4.33. The van der Waals surface area contributed by atoms with Crippen LogP contribution in [0.15, 0.2) is 48.5 Å². The summed E-state index contributed by atoms with van der Waals surface area (Å²) in [6.07, 6.45) is 1.16. The molecular weight excluding hydrogens is 280 g/mol. The molecule has 0 bridgehead atoms. The Morgan fingerprint density at radius 1 is 1.19 bits per heavy atom. The van der Waals surface area contributed by atoms with Gasteiger partial charge < -0.3 is 5.32 Å². The predicted molar refractivity (Wildman–Crippen MR) is 89.9 cm³/mol. The van der Waals surface area contributed by atoms with Crippen LogP contribution < -0.4 is 5.32 Å². The molecular formula is C18H21ClN2. The minimum absolute atomic E-state index is 0.480. The standard InChI is InChI=1S/C18H21ClN2/c1-14-7-8-18(17(19)11-14)20-16-9-10-21(13-16)12-15-5-3-2-4-6-15/h2-8,11,16,20H,9-10,12-13H2,1H3. The summed E-state index contributed by atoms with van der Waals surface area (Å²) < 4.78 is 0. The highest BCUT2D eigenvalue weighted by Gasteiger charge is 2.22. The van der Waals surface area contributed by atoms with Gasteiger partial charge in [-0.3, -0.25) is 4.90 Å². The molecule has 1 aliphatic heterocycles. The van der Waals surface area contributed by atoms with Gasteiger partial charge in [0.15, 0.2) is 0 Å². The van der Waals surface area contributed by atoms with Crippen molar-refractivity contribution in [3.05, 3.63) is 64.7 Å². The number of hydrogen-bond acceptors (Lipinski definition) is 2. The van der Waals surface area contributed by atoms with Crippen LogP contribution in [0.3, 0.4) is 0 Å². The first-order chi connectivity index (χ1) is 10.2. The zero-order valence-corrected chi connectivity index (χ0v) is 13.1. The van der Waals surface area contributed by atoms with Crippen LogP contribution in [-0.2, 0) is 6.54 Å². The van der Waals surface area contributed by atoms with E-state index in [0.717, 1.165) is 36.8 Å². The van der Waals surface area contributed by atoms with E-state index < -0.39 is 0 Å². The third-order valence-electron chi connectivity index (χ3n) is 4.01. The summed E-state index contributed by atoms with van der Waals surface area (Å²) in [6, 6.07) is 17.3. The number of benzene rings is 2. The number of nitrogens with one attached hydrogen (secondary N) is 1. The maximum atomic E-state index is 6.30. The summed E-state index contributed by atoms with van der Waals surface area (Å²) in [4.78, 5) is 2.50. The largest absolute Gasteiger partial charge is 0.380 e. The van der Waals surface area contributed by atoms with E-state index in [-0.39, 0.29) is 0 Å². The molecule has 0 spiro atoms. The molecule has 0 amide bonds. The van der Waals surface area contributed by atoms with Gasteiger partial charge in [0.1, 0.15) is 0 Å². The van der Waals surface area contributed by atoms with Crippen LogP contribution in [0.25, 0.3) is 0 Å². The number of rotatable bonds is 4. The van der Waals surface area contributed by atoms with Gasteiger partial charge in [-0.25, -0.2) is 0 Å². The Labute approximate surface area is 131 Å². The molecule has 1 fully saturated rings. The molecule has 1 unspecified atom stereocenters. The van der Waals surface area contributed by atoms with Crippen LogP contribution in [0.1, 0.15) is 17.5 Å². The highest BCUT2D eigenvalue weighted by atomic mass is 35.5. The molecule has 1 N–H and O–H groups in total. The van der Waals surface area contributed by atoms with Crippen molar-refractivity contribution in [2.75, 3.05) is 18.4 Å². The average molecular weight is 301 g/mol. The van der Waals surface area contributed by atoms with E-state index in [0.29, 0.717) is 6.04 Å². The van der Waals surface area contributed by atoms with Crippen molar-refractivity contribution in [2.45, 2.75) is 25.9 Å². The summed E-state index contributed by atoms with van der Waals surface area (Å²) in [5, 5.41) is 4.39. The summed E-state index contributed by atoms with van der Waals surface area (Å²) in [7, 11) is 0. The van der Waals surface area contributed by atoms with Crippen molar-refractivity contribution < 1.29 is 0 Å². The smallest absolute Gasteiger partial charge is 0.0640 e. The molecule has 2 nitrogen and oxygen atoms in total. The van der Waals surface area contributed by atoms with Gasteiger partial charge in [-0.05, 0) is 36.6 Å². The summed E-state index contributed by atoms with van der Waals surface area (Å²) in [6.45, 7) is 5.29. The molecule has 0 saturated carbocycles. The second-order valence-corrected chi connectivity index (χ2v) is 6.24. The summed E-state index contributed by atoms with van der Waals surface area (Å²) >= 11 is 6.30. The first kappa shape index (κ1) is 14.4. The Bertz CT molecular complexity index is 597. The van der Waals surface area contributed by atoms with Gasteiger partial charge in [0.05, 0.1) is 10.7 Å². The number of anilines is 1. The molecule has 2 aromatic rings. The van der Waals surface area contributed by atoms with Gasteiger partial charge >= 0.3 is 0 Å². The van der Waals surface area contributed by atoms with Gasteiger partial charge in [0.25, 0.3) is 0 Å². The third-order valence-corrected chi connectivity index (χ3v) is 4.32. The Balaban J connectivity index is 1.57. The number of aryl methyl sites for hydroxylation is 1. The Kier molecular flexibility index (Phi) is 4.47. The van der Waals surface area contributed by atoms with Crippen molar-refractivity contribution in [2.24, 2.45) is 0 Å². The van der Waals surface area contributed by atoms with Crippen LogP contribution in [0.2, 0.25) is 5.02 Å². The van der Waals surface area contributed by atoms with Crippen LogP contribution in [0.4, 0.5) is 5.69 Å². The molecule has 1 aliphatic rings. The molecule has 0 radical (unpaired) electrons. The lowest BCUT2D eigenvalue weighted by Crippen LogP contribution is -2.26. The van der Waals surface area contributed by atoms with E-state index >= 15 is 0 Å². The molecule has 3 heteroatoms. The minimum atomic E-state index is 0.480. The maximum absolute atomic E-state index is 6.30. The molecule has 2 aromatic carbocycles. The SMILES string of the molecule is Cc1ccc(NC2CCN(Cc3ccccc3)C2)c(Cl)c1. The summed E-state index contributed by atoms with van der Waals surface area (Å²) in [5.41, 5.74) is 3.63. The van der Waals surface area contributed by atoms with Gasteiger partial charge in [0.2, 0.25) is 0 Å². The normalized spacial score (nSPS) is 18.9. The third kappa shape index (κ3) is 3.78. The molecule has 1 saturated heterocycles. The van der Waals surface area contributed by atoms with Crippen molar-refractivity contribution in [1.82, 2.24) is 4.90 Å². The average Bonchev–Trinajstić information content (AvgIpc) is 2.90. The van der Waals surface area contributed by atoms with E-state index in [9.17, 15) is 0 Å². The fraction of sp³-hybridized carbons (Fsp3) is 0.333. The monoisotopic (exact) mass is 300 g/mol. The number of nitrogens with zero attached hydrogens (tertiary/aromatic N) is 1. The van der Waals surface area contributed by atoms with E-state index in [4.69, 9.17) is 11.6 Å². The molecule has 0 aromatic heterocycles. The lowest BCUT2D eigenvalue weighted by molar-refractivity contribution is 0.328. The lowest BCUT2D eigenvalue weighted by Gasteiger charge is -2.18. The fourth-order valence-electron chi connectivity index (χ4n) is 2.89. The van der Waals surface area contributed by atoms with Gasteiger partial charge in [0, 0.05) is 25.7 Å². The second kappa shape index (κ2) is 6.50. The van der Waals surface area contributed by atoms with E-state index in [2.05, 4.69) is 59.6 Å². The molecule has 1 atom stereocenters. The number of halogens is 1. The van der Waals surface area contributed by atoms with Gasteiger partial charge in [-0.15, -0.1) is 0 Å². The lowest BCUT2D eigenvalue weighted by atomic mass is 10.2. The van der Waals surface area contributed by atoms with Crippen molar-refractivity contribution in [3.63, 3.8) is 0 Å². The van der Waals surface area contributed by atoms with Crippen LogP contribution in [0, 0.1) is 6.92 Å². The molecule has 110 valence electrons. The van der Waals surface area contributed by atoms with E-state index in [1.807, 2.05) is 6.07 Å².